The van der Waals surface area contributed by atoms with E-state index in [9.17, 15) is 9.59 Å². The summed E-state index contributed by atoms with van der Waals surface area (Å²) in [6, 6.07) is 19.4. The molecule has 0 saturated carbocycles. The van der Waals surface area contributed by atoms with Crippen LogP contribution in [0.4, 0.5) is 0 Å². The highest BCUT2D eigenvalue weighted by Gasteiger charge is 2.35. The Morgan fingerprint density at radius 3 is 2.24 bits per heavy atom. The van der Waals surface area contributed by atoms with Crippen molar-refractivity contribution < 1.29 is 14.3 Å². The number of carbonyl (C=O) groups is 2. The van der Waals surface area contributed by atoms with E-state index < -0.39 is 6.04 Å². The first-order valence-corrected chi connectivity index (χ1v) is 11.2. The maximum absolute atomic E-state index is 13.1. The number of piperazine rings is 1. The number of ether oxygens (including phenoxy) is 1. The molecule has 2 aromatic carbocycles. The molecule has 0 radical (unpaired) electrons. The Hall–Kier alpha value is -3.67. The van der Waals surface area contributed by atoms with E-state index in [0.29, 0.717) is 32.4 Å². The van der Waals surface area contributed by atoms with Gasteiger partial charge in [0.25, 0.3) is 0 Å². The molecule has 0 aliphatic carbocycles. The summed E-state index contributed by atoms with van der Waals surface area (Å²) in [4.78, 5) is 33.7. The van der Waals surface area contributed by atoms with Gasteiger partial charge in [0.1, 0.15) is 11.8 Å². The van der Waals surface area contributed by atoms with Crippen LogP contribution in [0.15, 0.2) is 73.1 Å². The first-order chi connectivity index (χ1) is 16.0. The summed E-state index contributed by atoms with van der Waals surface area (Å²) in [6.45, 7) is 1.12. The van der Waals surface area contributed by atoms with Crippen molar-refractivity contribution in [1.29, 1.82) is 0 Å². The number of amides is 2. The fourth-order valence-corrected chi connectivity index (χ4v) is 4.20. The first-order valence-electron chi connectivity index (χ1n) is 11.2. The molecule has 0 spiro atoms. The number of rotatable bonds is 7. The fraction of sp³-hybridized carbons (Fsp3) is 0.296. The molecule has 1 aliphatic rings. The van der Waals surface area contributed by atoms with E-state index in [1.807, 2.05) is 48.5 Å². The summed E-state index contributed by atoms with van der Waals surface area (Å²) < 4.78 is 5.19. The average Bonchev–Trinajstić information content (AvgIpc) is 2.87. The molecule has 1 unspecified atom stereocenters. The number of pyridine rings is 1. The molecule has 1 saturated heterocycles. The minimum absolute atomic E-state index is 0.00254. The molecular weight excluding hydrogens is 414 g/mol. The van der Waals surface area contributed by atoms with E-state index in [1.54, 1.807) is 36.4 Å². The van der Waals surface area contributed by atoms with E-state index in [2.05, 4.69) is 17.1 Å². The number of carbonyl (C=O) groups excluding carboxylic acids is 2. The predicted octanol–water partition coefficient (Wildman–Crippen LogP) is 3.60. The van der Waals surface area contributed by atoms with Gasteiger partial charge in [-0.1, -0.05) is 36.4 Å². The second kappa shape index (κ2) is 10.3. The molecule has 6 heteroatoms. The van der Waals surface area contributed by atoms with Crippen molar-refractivity contribution in [2.24, 2.45) is 0 Å². The molecule has 2 amide bonds. The van der Waals surface area contributed by atoms with Gasteiger partial charge < -0.3 is 14.5 Å². The van der Waals surface area contributed by atoms with Crippen LogP contribution in [-0.4, -0.2) is 59.9 Å². The van der Waals surface area contributed by atoms with Crippen LogP contribution in [0.3, 0.4) is 0 Å². The topological polar surface area (TPSA) is 62.7 Å². The third-order valence-corrected chi connectivity index (χ3v) is 6.22. The molecule has 6 nitrogen and oxygen atoms in total. The van der Waals surface area contributed by atoms with Crippen molar-refractivity contribution in [3.8, 4) is 16.9 Å². The molecule has 3 aromatic rings. The monoisotopic (exact) mass is 443 g/mol. The number of benzene rings is 2. The number of aryl methyl sites for hydroxylation is 1. The van der Waals surface area contributed by atoms with Gasteiger partial charge in [0, 0.05) is 45.4 Å². The average molecular weight is 444 g/mol. The quantitative estimate of drug-likeness (QED) is 0.560. The highest BCUT2D eigenvalue weighted by Crippen LogP contribution is 2.22. The molecule has 0 N–H and O–H groups in total. The summed E-state index contributed by atoms with van der Waals surface area (Å²) in [5.74, 6) is 0.813. The minimum Gasteiger partial charge on any atom is -0.497 e. The number of methoxy groups -OCH3 is 1. The summed E-state index contributed by atoms with van der Waals surface area (Å²) in [7, 11) is 3.44. The lowest BCUT2D eigenvalue weighted by atomic mass is 9.98. The SMILES string of the molecule is COc1ccc(CCC(=O)N2CCN(C)C(=O)C2Cc2ccc(-c3ccncc3)cc2)cc1. The molecule has 0 bridgehead atoms. The van der Waals surface area contributed by atoms with Crippen molar-refractivity contribution in [1.82, 2.24) is 14.8 Å². The minimum atomic E-state index is -0.473. The predicted molar refractivity (Wildman–Crippen MR) is 128 cm³/mol. The van der Waals surface area contributed by atoms with Crippen LogP contribution < -0.4 is 4.74 Å². The second-order valence-corrected chi connectivity index (χ2v) is 8.35. The highest BCUT2D eigenvalue weighted by atomic mass is 16.5. The molecule has 2 heterocycles. The summed E-state index contributed by atoms with van der Waals surface area (Å²) >= 11 is 0. The Morgan fingerprint density at radius 2 is 1.58 bits per heavy atom. The van der Waals surface area contributed by atoms with E-state index in [-0.39, 0.29) is 11.8 Å². The molecule has 4 rings (SSSR count). The number of likely N-dealkylation sites (N-methyl/N-ethyl adjacent to an activating group) is 1. The Balaban J connectivity index is 1.44. The third kappa shape index (κ3) is 5.40. The zero-order valence-electron chi connectivity index (χ0n) is 19.1. The van der Waals surface area contributed by atoms with E-state index >= 15 is 0 Å². The molecule has 1 aliphatic heterocycles. The van der Waals surface area contributed by atoms with E-state index in [1.165, 1.54) is 0 Å². The van der Waals surface area contributed by atoms with Gasteiger partial charge in [0.15, 0.2) is 0 Å². The Bertz CT molecular complexity index is 1080. The lowest BCUT2D eigenvalue weighted by Crippen LogP contribution is -2.58. The molecule has 170 valence electrons. The van der Waals surface area contributed by atoms with E-state index in [0.717, 1.165) is 28.0 Å². The lowest BCUT2D eigenvalue weighted by Gasteiger charge is -2.39. The Labute approximate surface area is 194 Å². The van der Waals surface area contributed by atoms with E-state index in [4.69, 9.17) is 4.74 Å². The van der Waals surface area contributed by atoms with Crippen molar-refractivity contribution >= 4 is 11.8 Å². The van der Waals surface area contributed by atoms with Crippen LogP contribution in [0.1, 0.15) is 17.5 Å². The first kappa shape index (κ1) is 22.5. The van der Waals surface area contributed by atoms with Crippen molar-refractivity contribution in [3.63, 3.8) is 0 Å². The Morgan fingerprint density at radius 1 is 0.939 bits per heavy atom. The second-order valence-electron chi connectivity index (χ2n) is 8.35. The highest BCUT2D eigenvalue weighted by molar-refractivity contribution is 5.89. The maximum atomic E-state index is 13.1. The smallest absolute Gasteiger partial charge is 0.245 e. The van der Waals surface area contributed by atoms with Gasteiger partial charge in [-0.15, -0.1) is 0 Å². The zero-order chi connectivity index (χ0) is 23.2. The van der Waals surface area contributed by atoms with Gasteiger partial charge >= 0.3 is 0 Å². The standard InChI is InChI=1S/C27H29N3O3/c1-29-17-18-30(26(31)12-7-20-5-10-24(33-2)11-6-20)25(27(29)32)19-21-3-8-22(9-4-21)23-13-15-28-16-14-23/h3-6,8-11,13-16,25H,7,12,17-19H2,1-2H3. The number of aromatic nitrogens is 1. The Kier molecular flexibility index (Phi) is 7.03. The van der Waals surface area contributed by atoms with Crippen LogP contribution in [0, 0.1) is 0 Å². The van der Waals surface area contributed by atoms with Crippen LogP contribution >= 0.6 is 0 Å². The third-order valence-electron chi connectivity index (χ3n) is 6.22. The van der Waals surface area contributed by atoms with Gasteiger partial charge in [0.2, 0.25) is 11.8 Å². The molecule has 1 fully saturated rings. The van der Waals surface area contributed by atoms with Crippen LogP contribution in [-0.2, 0) is 22.4 Å². The number of hydrogen-bond acceptors (Lipinski definition) is 4. The van der Waals surface area contributed by atoms with Gasteiger partial charge in [-0.3, -0.25) is 14.6 Å². The van der Waals surface area contributed by atoms with Gasteiger partial charge in [0.05, 0.1) is 7.11 Å². The van der Waals surface area contributed by atoms with Gasteiger partial charge in [-0.2, -0.15) is 0 Å². The summed E-state index contributed by atoms with van der Waals surface area (Å²) in [5, 5.41) is 0. The number of nitrogens with zero attached hydrogens (tertiary/aromatic N) is 3. The van der Waals surface area contributed by atoms with Gasteiger partial charge in [-0.05, 0) is 52.9 Å². The van der Waals surface area contributed by atoms with Crippen molar-refractivity contribution in [2.45, 2.75) is 25.3 Å². The molecule has 1 aromatic heterocycles. The van der Waals surface area contributed by atoms with Crippen molar-refractivity contribution in [3.05, 3.63) is 84.2 Å². The summed E-state index contributed by atoms with van der Waals surface area (Å²) in [5.41, 5.74) is 4.31. The number of hydrogen-bond donors (Lipinski definition) is 0. The summed E-state index contributed by atoms with van der Waals surface area (Å²) in [6.07, 6.45) is 5.07. The van der Waals surface area contributed by atoms with Crippen molar-refractivity contribution in [2.75, 3.05) is 27.2 Å². The zero-order valence-corrected chi connectivity index (χ0v) is 19.1. The normalized spacial score (nSPS) is 16.1. The molecule has 33 heavy (non-hydrogen) atoms. The largest absolute Gasteiger partial charge is 0.497 e. The van der Waals surface area contributed by atoms with Crippen LogP contribution in [0.25, 0.3) is 11.1 Å². The van der Waals surface area contributed by atoms with Crippen LogP contribution in [0.2, 0.25) is 0 Å². The fourth-order valence-electron chi connectivity index (χ4n) is 4.20. The van der Waals surface area contributed by atoms with Crippen LogP contribution in [0.5, 0.6) is 5.75 Å². The molecular formula is C27H29N3O3. The van der Waals surface area contributed by atoms with Gasteiger partial charge in [-0.25, -0.2) is 0 Å². The maximum Gasteiger partial charge on any atom is 0.245 e. The lowest BCUT2D eigenvalue weighted by molar-refractivity contribution is -0.150. The molecule has 1 atom stereocenters.